The minimum atomic E-state index is 0.761. The number of thioether (sulfide) groups is 1. The van der Waals surface area contributed by atoms with Crippen molar-refractivity contribution in [2.45, 2.75) is 48.8 Å². The maximum Gasteiger partial charge on any atom is 0.0174 e. The zero-order chi connectivity index (χ0) is 12.8. The molecule has 0 spiro atoms. The normalized spacial score (nSPS) is 28.2. The molecule has 0 amide bonds. The van der Waals surface area contributed by atoms with Crippen LogP contribution in [0.3, 0.4) is 0 Å². The molecule has 3 unspecified atom stereocenters. The number of halogens is 1. The van der Waals surface area contributed by atoms with Gasteiger partial charge in [-0.15, -0.1) is 11.8 Å². The topological polar surface area (TPSA) is 0 Å². The third kappa shape index (κ3) is 4.31. The highest BCUT2D eigenvalue weighted by Gasteiger charge is 2.27. The van der Waals surface area contributed by atoms with Crippen LogP contribution in [-0.4, -0.2) is 10.6 Å². The fourth-order valence-corrected chi connectivity index (χ4v) is 4.59. The Morgan fingerprint density at radius 1 is 1.22 bits per heavy atom. The molecule has 1 aromatic carbocycles. The first-order valence-corrected chi connectivity index (χ1v) is 9.01. The molecule has 3 atom stereocenters. The van der Waals surface area contributed by atoms with Gasteiger partial charge in [0.25, 0.3) is 0 Å². The summed E-state index contributed by atoms with van der Waals surface area (Å²) in [6.45, 7) is 2.34. The van der Waals surface area contributed by atoms with Gasteiger partial charge >= 0.3 is 0 Å². The summed E-state index contributed by atoms with van der Waals surface area (Å²) in [4.78, 5) is 2.17. The van der Waals surface area contributed by atoms with Crippen LogP contribution < -0.4 is 0 Å². The third-order valence-corrected chi connectivity index (χ3v) is 6.33. The minimum Gasteiger partial charge on any atom is -0.126 e. The molecule has 18 heavy (non-hydrogen) atoms. The van der Waals surface area contributed by atoms with Gasteiger partial charge in [-0.05, 0) is 55.4 Å². The summed E-state index contributed by atoms with van der Waals surface area (Å²) in [5, 5.41) is 0. The highest BCUT2D eigenvalue weighted by molar-refractivity contribution is 9.09. The Hall–Kier alpha value is 0.0500. The SMILES string of the molecule is CCC1CCC(Br)C(CCSc2ccccc2)C1. The number of rotatable bonds is 5. The first-order chi connectivity index (χ1) is 8.79. The molecule has 0 N–H and O–H groups in total. The second-order valence-corrected chi connectivity index (χ2v) is 7.66. The first kappa shape index (κ1) is 14.5. The van der Waals surface area contributed by atoms with Crippen LogP contribution in [0.1, 0.15) is 39.0 Å². The van der Waals surface area contributed by atoms with Gasteiger partial charge < -0.3 is 0 Å². The maximum absolute atomic E-state index is 3.89. The number of hydrogen-bond donors (Lipinski definition) is 0. The standard InChI is InChI=1S/C16H23BrS/c1-2-13-8-9-16(17)14(12-13)10-11-18-15-6-4-3-5-7-15/h3-7,13-14,16H,2,8-12H2,1H3. The van der Waals surface area contributed by atoms with Crippen LogP contribution in [-0.2, 0) is 0 Å². The summed E-state index contributed by atoms with van der Waals surface area (Å²) in [5.74, 6) is 3.12. The van der Waals surface area contributed by atoms with Crippen molar-refractivity contribution in [3.63, 3.8) is 0 Å². The molecule has 0 aliphatic heterocycles. The second kappa shape index (κ2) is 7.59. The molecule has 2 rings (SSSR count). The predicted octanol–water partition coefficient (Wildman–Crippen LogP) is 5.76. The average molecular weight is 327 g/mol. The molecule has 1 saturated carbocycles. The Bertz CT molecular complexity index is 338. The summed E-state index contributed by atoms with van der Waals surface area (Å²) in [7, 11) is 0. The van der Waals surface area contributed by atoms with Crippen LogP contribution in [0.15, 0.2) is 35.2 Å². The van der Waals surface area contributed by atoms with E-state index in [0.717, 1.165) is 16.7 Å². The Kier molecular flexibility index (Phi) is 6.10. The van der Waals surface area contributed by atoms with E-state index in [9.17, 15) is 0 Å². The van der Waals surface area contributed by atoms with Crippen molar-refractivity contribution in [3.8, 4) is 0 Å². The Labute approximate surface area is 124 Å². The number of benzene rings is 1. The van der Waals surface area contributed by atoms with E-state index in [1.165, 1.54) is 42.8 Å². The minimum absolute atomic E-state index is 0.761. The highest BCUT2D eigenvalue weighted by Crippen LogP contribution is 2.38. The Morgan fingerprint density at radius 3 is 2.72 bits per heavy atom. The lowest BCUT2D eigenvalue weighted by Crippen LogP contribution is -2.25. The van der Waals surface area contributed by atoms with Crippen LogP contribution in [0.2, 0.25) is 0 Å². The zero-order valence-corrected chi connectivity index (χ0v) is 13.6. The lowest BCUT2D eigenvalue weighted by Gasteiger charge is -2.32. The van der Waals surface area contributed by atoms with Crippen LogP contribution in [0, 0.1) is 11.8 Å². The summed E-state index contributed by atoms with van der Waals surface area (Å²) >= 11 is 5.89. The molecular weight excluding hydrogens is 304 g/mol. The van der Waals surface area contributed by atoms with Crippen LogP contribution in [0.25, 0.3) is 0 Å². The average Bonchev–Trinajstić information content (AvgIpc) is 2.42. The van der Waals surface area contributed by atoms with Gasteiger partial charge in [-0.2, -0.15) is 0 Å². The lowest BCUT2D eigenvalue weighted by atomic mass is 9.79. The van der Waals surface area contributed by atoms with Gasteiger partial charge in [-0.1, -0.05) is 47.5 Å². The molecule has 2 heteroatoms. The van der Waals surface area contributed by atoms with Gasteiger partial charge in [-0.3, -0.25) is 0 Å². The van der Waals surface area contributed by atoms with Crippen molar-refractivity contribution in [2.75, 3.05) is 5.75 Å². The zero-order valence-electron chi connectivity index (χ0n) is 11.1. The van der Waals surface area contributed by atoms with Gasteiger partial charge in [0.1, 0.15) is 0 Å². The molecule has 0 nitrogen and oxygen atoms in total. The van der Waals surface area contributed by atoms with Crippen molar-refractivity contribution < 1.29 is 0 Å². The van der Waals surface area contributed by atoms with Crippen LogP contribution in [0.4, 0.5) is 0 Å². The van der Waals surface area contributed by atoms with E-state index in [-0.39, 0.29) is 0 Å². The highest BCUT2D eigenvalue weighted by atomic mass is 79.9. The molecule has 1 fully saturated rings. The molecular formula is C16H23BrS. The summed E-state index contributed by atoms with van der Waals surface area (Å²) in [6, 6.07) is 10.8. The quantitative estimate of drug-likeness (QED) is 0.489. The lowest BCUT2D eigenvalue weighted by molar-refractivity contribution is 0.268. The summed E-state index contributed by atoms with van der Waals surface area (Å²) < 4.78 is 0. The fourth-order valence-electron chi connectivity index (χ4n) is 2.84. The van der Waals surface area contributed by atoms with E-state index < -0.39 is 0 Å². The van der Waals surface area contributed by atoms with E-state index in [4.69, 9.17) is 0 Å². The van der Waals surface area contributed by atoms with Crippen molar-refractivity contribution in [1.29, 1.82) is 0 Å². The summed E-state index contributed by atoms with van der Waals surface area (Å²) in [6.07, 6.45) is 6.95. The molecule has 0 heterocycles. The third-order valence-electron chi connectivity index (χ3n) is 4.08. The van der Waals surface area contributed by atoms with E-state index >= 15 is 0 Å². The fraction of sp³-hybridized carbons (Fsp3) is 0.625. The van der Waals surface area contributed by atoms with E-state index in [1.807, 2.05) is 11.8 Å². The van der Waals surface area contributed by atoms with Crippen LogP contribution >= 0.6 is 27.7 Å². The van der Waals surface area contributed by atoms with E-state index in [2.05, 4.69) is 53.2 Å². The largest absolute Gasteiger partial charge is 0.126 e. The molecule has 100 valence electrons. The second-order valence-electron chi connectivity index (χ2n) is 5.31. The van der Waals surface area contributed by atoms with Crippen LogP contribution in [0.5, 0.6) is 0 Å². The molecule has 1 aliphatic carbocycles. The monoisotopic (exact) mass is 326 g/mol. The Balaban J connectivity index is 1.75. The van der Waals surface area contributed by atoms with Crippen molar-refractivity contribution >= 4 is 27.7 Å². The molecule has 0 radical (unpaired) electrons. The van der Waals surface area contributed by atoms with Gasteiger partial charge in [0, 0.05) is 9.72 Å². The van der Waals surface area contributed by atoms with Gasteiger partial charge in [0.2, 0.25) is 0 Å². The molecule has 1 aromatic rings. The van der Waals surface area contributed by atoms with Crippen molar-refractivity contribution in [3.05, 3.63) is 30.3 Å². The number of hydrogen-bond acceptors (Lipinski definition) is 1. The molecule has 0 bridgehead atoms. The van der Waals surface area contributed by atoms with Gasteiger partial charge in [0.05, 0.1) is 0 Å². The van der Waals surface area contributed by atoms with E-state index in [1.54, 1.807) is 0 Å². The van der Waals surface area contributed by atoms with Crippen molar-refractivity contribution in [2.24, 2.45) is 11.8 Å². The molecule has 1 aliphatic rings. The van der Waals surface area contributed by atoms with E-state index in [0.29, 0.717) is 0 Å². The maximum atomic E-state index is 3.89. The molecule has 0 saturated heterocycles. The van der Waals surface area contributed by atoms with Gasteiger partial charge in [0.15, 0.2) is 0 Å². The smallest absolute Gasteiger partial charge is 0.0174 e. The van der Waals surface area contributed by atoms with Crippen molar-refractivity contribution in [1.82, 2.24) is 0 Å². The number of alkyl halides is 1. The molecule has 0 aromatic heterocycles. The predicted molar refractivity (Wildman–Crippen MR) is 85.6 cm³/mol. The first-order valence-electron chi connectivity index (χ1n) is 7.11. The van der Waals surface area contributed by atoms with Gasteiger partial charge in [-0.25, -0.2) is 0 Å². The Morgan fingerprint density at radius 2 is 2.00 bits per heavy atom. The summed E-state index contributed by atoms with van der Waals surface area (Å²) in [5.41, 5.74) is 0.